The lowest BCUT2D eigenvalue weighted by molar-refractivity contribution is -0.117. The van der Waals surface area contributed by atoms with Crippen molar-refractivity contribution in [3.63, 3.8) is 0 Å². The highest BCUT2D eigenvalue weighted by molar-refractivity contribution is 5.93. The van der Waals surface area contributed by atoms with E-state index in [0.29, 0.717) is 12.1 Å². The molecule has 1 aromatic carbocycles. The van der Waals surface area contributed by atoms with E-state index in [1.165, 1.54) is 6.92 Å². The molecule has 0 heterocycles. The van der Waals surface area contributed by atoms with Crippen LogP contribution in [0.2, 0.25) is 0 Å². The molecular formula is C15H23N3O2. The second-order valence-electron chi connectivity index (χ2n) is 5.37. The minimum atomic E-state index is -0.144. The van der Waals surface area contributed by atoms with E-state index in [9.17, 15) is 9.59 Å². The number of hydrogen-bond acceptors (Lipinski definition) is 3. The van der Waals surface area contributed by atoms with E-state index in [0.717, 1.165) is 11.3 Å². The normalized spacial score (nSPS) is 12.1. The maximum atomic E-state index is 11.8. The number of aryl methyl sites for hydroxylation is 1. The minimum Gasteiger partial charge on any atom is -0.327 e. The molecule has 0 fully saturated rings. The van der Waals surface area contributed by atoms with E-state index in [4.69, 9.17) is 5.73 Å². The second-order valence-corrected chi connectivity index (χ2v) is 5.37. The molecule has 2 amide bonds. The molecule has 0 aliphatic rings. The summed E-state index contributed by atoms with van der Waals surface area (Å²) in [5.41, 5.74) is 8.22. The van der Waals surface area contributed by atoms with E-state index < -0.39 is 0 Å². The van der Waals surface area contributed by atoms with Gasteiger partial charge in [-0.15, -0.1) is 0 Å². The zero-order valence-corrected chi connectivity index (χ0v) is 12.5. The van der Waals surface area contributed by atoms with Gasteiger partial charge in [0.1, 0.15) is 0 Å². The third-order valence-electron chi connectivity index (χ3n) is 3.10. The van der Waals surface area contributed by atoms with Gasteiger partial charge in [0.15, 0.2) is 0 Å². The summed E-state index contributed by atoms with van der Waals surface area (Å²) in [5.74, 6) is 0.0512. The summed E-state index contributed by atoms with van der Waals surface area (Å²) in [6.07, 6.45) is 0.296. The molecular weight excluding hydrogens is 254 g/mol. The largest absolute Gasteiger partial charge is 0.327 e. The fourth-order valence-electron chi connectivity index (χ4n) is 1.73. The summed E-state index contributed by atoms with van der Waals surface area (Å²) in [7, 11) is 0. The summed E-state index contributed by atoms with van der Waals surface area (Å²) < 4.78 is 0. The van der Waals surface area contributed by atoms with Crippen LogP contribution in [0.4, 0.5) is 11.4 Å². The first-order valence-electron chi connectivity index (χ1n) is 6.73. The maximum absolute atomic E-state index is 11.8. The summed E-state index contributed by atoms with van der Waals surface area (Å²) >= 11 is 0. The van der Waals surface area contributed by atoms with Crippen LogP contribution in [0.5, 0.6) is 0 Å². The molecule has 20 heavy (non-hydrogen) atoms. The predicted octanol–water partition coefficient (Wildman–Crippen LogP) is 2.27. The summed E-state index contributed by atoms with van der Waals surface area (Å²) in [6.45, 7) is 7.32. The number of benzene rings is 1. The van der Waals surface area contributed by atoms with Crippen molar-refractivity contribution in [3.05, 3.63) is 23.8 Å². The van der Waals surface area contributed by atoms with Gasteiger partial charge in [-0.1, -0.05) is 13.8 Å². The number of hydrogen-bond donors (Lipinski definition) is 3. The van der Waals surface area contributed by atoms with Crippen molar-refractivity contribution in [2.75, 3.05) is 10.6 Å². The topological polar surface area (TPSA) is 84.2 Å². The predicted molar refractivity (Wildman–Crippen MR) is 81.5 cm³/mol. The molecule has 0 saturated heterocycles. The monoisotopic (exact) mass is 277 g/mol. The van der Waals surface area contributed by atoms with Crippen molar-refractivity contribution < 1.29 is 9.59 Å². The van der Waals surface area contributed by atoms with Crippen molar-refractivity contribution >= 4 is 23.2 Å². The van der Waals surface area contributed by atoms with Gasteiger partial charge in [0.2, 0.25) is 11.8 Å². The lowest BCUT2D eigenvalue weighted by Crippen LogP contribution is -2.31. The van der Waals surface area contributed by atoms with Gasteiger partial charge in [-0.3, -0.25) is 9.59 Å². The van der Waals surface area contributed by atoms with Crippen LogP contribution in [0.25, 0.3) is 0 Å². The average Bonchev–Trinajstić information content (AvgIpc) is 2.31. The zero-order valence-electron chi connectivity index (χ0n) is 12.5. The SMILES string of the molecule is CC(=O)Nc1ccc(NC(=O)CC(N)C(C)C)cc1C. The van der Waals surface area contributed by atoms with Gasteiger partial charge in [-0.25, -0.2) is 0 Å². The van der Waals surface area contributed by atoms with Crippen molar-refractivity contribution in [1.82, 2.24) is 0 Å². The molecule has 0 bridgehead atoms. The molecule has 0 spiro atoms. The maximum Gasteiger partial charge on any atom is 0.225 e. The molecule has 1 rings (SSSR count). The van der Waals surface area contributed by atoms with Gasteiger partial charge in [-0.05, 0) is 36.6 Å². The number of carbonyl (C=O) groups is 2. The first-order valence-corrected chi connectivity index (χ1v) is 6.73. The fourth-order valence-corrected chi connectivity index (χ4v) is 1.73. The molecule has 1 aromatic rings. The number of nitrogens with one attached hydrogen (secondary N) is 2. The van der Waals surface area contributed by atoms with Crippen LogP contribution in [0, 0.1) is 12.8 Å². The van der Waals surface area contributed by atoms with Crippen molar-refractivity contribution in [2.24, 2.45) is 11.7 Å². The van der Waals surface area contributed by atoms with Crippen LogP contribution in [0.15, 0.2) is 18.2 Å². The van der Waals surface area contributed by atoms with Gasteiger partial charge in [0, 0.05) is 30.8 Å². The smallest absolute Gasteiger partial charge is 0.225 e. The molecule has 5 nitrogen and oxygen atoms in total. The quantitative estimate of drug-likeness (QED) is 0.772. The molecule has 0 saturated carbocycles. The third kappa shape index (κ3) is 5.01. The Labute approximate surface area is 119 Å². The van der Waals surface area contributed by atoms with Crippen LogP contribution < -0.4 is 16.4 Å². The molecule has 5 heteroatoms. The Hall–Kier alpha value is -1.88. The van der Waals surface area contributed by atoms with E-state index >= 15 is 0 Å². The fraction of sp³-hybridized carbons (Fsp3) is 0.467. The van der Waals surface area contributed by atoms with Crippen molar-refractivity contribution in [1.29, 1.82) is 0 Å². The molecule has 0 aliphatic heterocycles. The summed E-state index contributed by atoms with van der Waals surface area (Å²) in [6, 6.07) is 5.21. The van der Waals surface area contributed by atoms with Crippen LogP contribution >= 0.6 is 0 Å². The Morgan fingerprint density at radius 3 is 2.40 bits per heavy atom. The summed E-state index contributed by atoms with van der Waals surface area (Å²) in [5, 5.41) is 5.55. The number of carbonyl (C=O) groups excluding carboxylic acids is 2. The molecule has 0 radical (unpaired) electrons. The first kappa shape index (κ1) is 16.2. The molecule has 1 unspecified atom stereocenters. The van der Waals surface area contributed by atoms with Crippen molar-refractivity contribution in [3.8, 4) is 0 Å². The van der Waals surface area contributed by atoms with Crippen LogP contribution in [0.3, 0.4) is 0 Å². The third-order valence-corrected chi connectivity index (χ3v) is 3.10. The average molecular weight is 277 g/mol. The van der Waals surface area contributed by atoms with Gasteiger partial charge in [0.25, 0.3) is 0 Å². The number of anilines is 2. The number of nitrogens with two attached hydrogens (primary N) is 1. The Kier molecular flexibility index (Phi) is 5.70. The number of rotatable bonds is 5. The van der Waals surface area contributed by atoms with Crippen LogP contribution in [-0.4, -0.2) is 17.9 Å². The molecule has 1 atom stereocenters. The molecule has 4 N–H and O–H groups in total. The van der Waals surface area contributed by atoms with Gasteiger partial charge in [-0.2, -0.15) is 0 Å². The van der Waals surface area contributed by atoms with E-state index in [-0.39, 0.29) is 23.8 Å². The van der Waals surface area contributed by atoms with Crippen LogP contribution in [0.1, 0.15) is 32.8 Å². The minimum absolute atomic E-state index is 0.0992. The van der Waals surface area contributed by atoms with Crippen LogP contribution in [-0.2, 0) is 9.59 Å². The van der Waals surface area contributed by atoms with E-state index in [1.54, 1.807) is 12.1 Å². The Morgan fingerprint density at radius 2 is 1.90 bits per heavy atom. The van der Waals surface area contributed by atoms with Crippen molar-refractivity contribution in [2.45, 2.75) is 40.2 Å². The molecule has 0 aliphatic carbocycles. The highest BCUT2D eigenvalue weighted by atomic mass is 16.2. The lowest BCUT2D eigenvalue weighted by Gasteiger charge is -2.15. The molecule has 0 aromatic heterocycles. The lowest BCUT2D eigenvalue weighted by atomic mass is 10.0. The Morgan fingerprint density at radius 1 is 1.25 bits per heavy atom. The van der Waals surface area contributed by atoms with Gasteiger partial charge < -0.3 is 16.4 Å². The highest BCUT2D eigenvalue weighted by Crippen LogP contribution is 2.20. The van der Waals surface area contributed by atoms with Gasteiger partial charge in [0.05, 0.1) is 0 Å². The number of amides is 2. The zero-order chi connectivity index (χ0) is 15.3. The van der Waals surface area contributed by atoms with E-state index in [2.05, 4.69) is 10.6 Å². The highest BCUT2D eigenvalue weighted by Gasteiger charge is 2.13. The van der Waals surface area contributed by atoms with E-state index in [1.807, 2.05) is 26.8 Å². The first-order chi connectivity index (χ1) is 9.29. The second kappa shape index (κ2) is 7.05. The Bertz CT molecular complexity index is 498. The summed E-state index contributed by atoms with van der Waals surface area (Å²) in [4.78, 5) is 22.9. The Balaban J connectivity index is 2.67. The van der Waals surface area contributed by atoms with Gasteiger partial charge >= 0.3 is 0 Å². The molecule has 110 valence electrons. The standard InChI is InChI=1S/C15H23N3O2/c1-9(2)13(16)8-15(20)18-12-5-6-14(10(3)7-12)17-11(4)19/h5-7,9,13H,8,16H2,1-4H3,(H,17,19)(H,18,20).